The molecule has 4 unspecified atom stereocenters. The van der Waals surface area contributed by atoms with Crippen molar-refractivity contribution in [3.63, 3.8) is 0 Å². The maximum Gasteiger partial charge on any atom is 0.509 e. The van der Waals surface area contributed by atoms with Gasteiger partial charge in [-0.15, -0.1) is 0 Å². The van der Waals surface area contributed by atoms with Crippen LogP contribution in [0, 0.1) is 16.7 Å². The Hall–Kier alpha value is -5.28. The van der Waals surface area contributed by atoms with Gasteiger partial charge in [0.1, 0.15) is 11.7 Å². The summed E-state index contributed by atoms with van der Waals surface area (Å²) in [6.45, 7) is 11.3. The number of aliphatic hydroxyl groups excluding tert-OH is 1. The van der Waals surface area contributed by atoms with Crippen LogP contribution < -0.4 is 5.32 Å². The number of fused-ring (bicyclic) bond motifs is 4. The summed E-state index contributed by atoms with van der Waals surface area (Å²) >= 11 is 0. The van der Waals surface area contributed by atoms with E-state index < -0.39 is 137 Å². The number of esters is 4. The van der Waals surface area contributed by atoms with Crippen LogP contribution in [0.3, 0.4) is 0 Å². The Balaban J connectivity index is 1.64. The molecule has 12 atom stereocenters. The molecule has 2 aliphatic heterocycles. The molecule has 346 valence electrons. The van der Waals surface area contributed by atoms with Gasteiger partial charge in [0.05, 0.1) is 29.6 Å². The molecule has 6 rings (SSSR count). The van der Waals surface area contributed by atoms with Crippen molar-refractivity contribution >= 4 is 41.9 Å². The molecule has 2 heterocycles. The minimum absolute atomic E-state index is 0.0851. The fourth-order valence-corrected chi connectivity index (χ4v) is 10.1. The van der Waals surface area contributed by atoms with E-state index in [1.807, 2.05) is 0 Å². The zero-order valence-corrected chi connectivity index (χ0v) is 36.1. The first-order valence-corrected chi connectivity index (χ1v) is 19.9. The van der Waals surface area contributed by atoms with Crippen LogP contribution in [0.15, 0.2) is 41.5 Å². The number of carbonyl (C=O) groups excluding carboxylic acids is 7. The number of benzene rings is 1. The summed E-state index contributed by atoms with van der Waals surface area (Å²) in [4.78, 5) is 96.6. The molecule has 5 aliphatic rings. The predicted molar refractivity (Wildman–Crippen MR) is 203 cm³/mol. The number of rotatable bonds is 8. The number of nitrogens with one attached hydrogen (secondary N) is 1. The summed E-state index contributed by atoms with van der Waals surface area (Å²) in [6, 6.07) is 3.92. The van der Waals surface area contributed by atoms with E-state index in [1.54, 1.807) is 6.07 Å². The van der Waals surface area contributed by atoms with Crippen molar-refractivity contribution in [1.29, 1.82) is 0 Å². The summed E-state index contributed by atoms with van der Waals surface area (Å²) in [5, 5.41) is 25.0. The van der Waals surface area contributed by atoms with Crippen LogP contribution in [0.1, 0.15) is 86.0 Å². The molecule has 0 radical (unpaired) electrons. The molecule has 2 saturated heterocycles. The largest absolute Gasteiger partial charge is 0.509 e. The average Bonchev–Trinajstić information content (AvgIpc) is 3.51. The molecule has 21 heteroatoms. The lowest BCUT2D eigenvalue weighted by Crippen LogP contribution is -2.83. The number of hydrogen-bond acceptors (Lipinski definition) is 17. The molecule has 1 aromatic carbocycles. The highest BCUT2D eigenvalue weighted by Gasteiger charge is 2.83. The lowest BCUT2D eigenvalue weighted by Gasteiger charge is -2.67. The number of ether oxygens (including phenoxy) is 8. The van der Waals surface area contributed by atoms with Gasteiger partial charge in [0, 0.05) is 25.7 Å². The Kier molecular flexibility index (Phi) is 11.6. The third-order valence-corrected chi connectivity index (χ3v) is 12.8. The Bertz CT molecular complexity index is 2130. The van der Waals surface area contributed by atoms with Gasteiger partial charge < -0.3 is 53.4 Å². The van der Waals surface area contributed by atoms with Gasteiger partial charge in [0.15, 0.2) is 47.4 Å². The molecule has 1 aromatic rings. The molecular weight excluding hydrogens is 847 g/mol. The van der Waals surface area contributed by atoms with Crippen molar-refractivity contribution < 1.29 is 94.8 Å². The van der Waals surface area contributed by atoms with Gasteiger partial charge in [-0.25, -0.2) is 19.2 Å². The van der Waals surface area contributed by atoms with Crippen LogP contribution in [-0.4, -0.2) is 130 Å². The van der Waals surface area contributed by atoms with Gasteiger partial charge in [-0.1, -0.05) is 32.0 Å². The molecule has 3 aliphatic carbocycles. The minimum Gasteiger partial charge on any atom is -0.454 e. The highest BCUT2D eigenvalue weighted by atomic mass is 19.4. The van der Waals surface area contributed by atoms with E-state index in [0.29, 0.717) is 6.92 Å². The fourth-order valence-electron chi connectivity index (χ4n) is 10.1. The first-order valence-electron chi connectivity index (χ1n) is 19.9. The van der Waals surface area contributed by atoms with Crippen molar-refractivity contribution in [3.8, 4) is 0 Å². The van der Waals surface area contributed by atoms with Gasteiger partial charge in [0.2, 0.25) is 5.60 Å². The Labute approximate surface area is 359 Å². The Morgan fingerprint density at radius 1 is 0.937 bits per heavy atom. The van der Waals surface area contributed by atoms with Crippen molar-refractivity contribution in [2.24, 2.45) is 16.7 Å². The van der Waals surface area contributed by atoms with Crippen molar-refractivity contribution in [1.82, 2.24) is 5.32 Å². The maximum absolute atomic E-state index is 15.5. The van der Waals surface area contributed by atoms with Crippen LogP contribution in [0.4, 0.5) is 22.8 Å². The van der Waals surface area contributed by atoms with E-state index in [1.165, 1.54) is 78.0 Å². The Morgan fingerprint density at radius 2 is 1.56 bits per heavy atom. The number of halogens is 3. The van der Waals surface area contributed by atoms with E-state index >= 15 is 4.79 Å². The quantitative estimate of drug-likeness (QED) is 0.192. The van der Waals surface area contributed by atoms with Gasteiger partial charge >= 0.3 is 42.3 Å². The first-order chi connectivity index (χ1) is 28.9. The normalized spacial score (nSPS) is 34.6. The Morgan fingerprint density at radius 3 is 2.08 bits per heavy atom. The van der Waals surface area contributed by atoms with Crippen molar-refractivity contribution in [2.45, 2.75) is 147 Å². The van der Waals surface area contributed by atoms with E-state index in [9.17, 15) is 52.2 Å². The second kappa shape index (κ2) is 15.5. The number of hydrogen-bond donors (Lipinski definition) is 3. The van der Waals surface area contributed by atoms with Crippen LogP contribution >= 0.6 is 0 Å². The monoisotopic (exact) mass is 897 g/mol. The smallest absolute Gasteiger partial charge is 0.454 e. The number of amides is 1. The second-order valence-electron chi connectivity index (χ2n) is 18.4. The molecule has 63 heavy (non-hydrogen) atoms. The molecular formula is C42H50F3NO17. The van der Waals surface area contributed by atoms with E-state index in [0.717, 1.165) is 13.8 Å². The van der Waals surface area contributed by atoms with Crippen LogP contribution in [0.5, 0.6) is 0 Å². The summed E-state index contributed by atoms with van der Waals surface area (Å²) in [5.74, 6) is -7.99. The molecule has 0 aromatic heterocycles. The molecule has 1 amide bonds. The molecule has 2 bridgehead atoms. The lowest BCUT2D eigenvalue weighted by molar-refractivity contribution is -0.345. The van der Waals surface area contributed by atoms with E-state index in [2.05, 4.69) is 0 Å². The molecule has 2 saturated carbocycles. The number of alkyl halides is 3. The fraction of sp³-hybridized carbons (Fsp3) is 0.643. The maximum atomic E-state index is 15.5. The van der Waals surface area contributed by atoms with Gasteiger partial charge in [-0.3, -0.25) is 14.4 Å². The molecule has 1 spiro atoms. The number of carbonyl (C=O) groups is 7. The van der Waals surface area contributed by atoms with Gasteiger partial charge in [-0.05, 0) is 64.8 Å². The second-order valence-corrected chi connectivity index (χ2v) is 18.4. The number of aliphatic hydroxyl groups is 2. The third-order valence-electron chi connectivity index (χ3n) is 12.8. The highest BCUT2D eigenvalue weighted by Crippen LogP contribution is 2.67. The number of ketones is 1. The van der Waals surface area contributed by atoms with Gasteiger partial charge in [0.25, 0.3) is 0 Å². The van der Waals surface area contributed by atoms with Gasteiger partial charge in [-0.2, -0.15) is 13.2 Å². The van der Waals surface area contributed by atoms with Crippen molar-refractivity contribution in [2.75, 3.05) is 6.61 Å². The van der Waals surface area contributed by atoms with Crippen LogP contribution in [0.2, 0.25) is 0 Å². The van der Waals surface area contributed by atoms with Crippen LogP contribution in [-0.2, 0) is 57.1 Å². The average molecular weight is 898 g/mol. The molecule has 18 nitrogen and oxygen atoms in total. The highest BCUT2D eigenvalue weighted by molar-refractivity contribution is 5.96. The van der Waals surface area contributed by atoms with E-state index in [4.69, 9.17) is 37.9 Å². The zero-order valence-electron chi connectivity index (χ0n) is 36.1. The summed E-state index contributed by atoms with van der Waals surface area (Å²) < 4.78 is 90.6. The summed E-state index contributed by atoms with van der Waals surface area (Å²) in [7, 11) is 0. The predicted octanol–water partition coefficient (Wildman–Crippen LogP) is 3.56. The number of alkyl carbamates (subject to hydrolysis) is 1. The van der Waals surface area contributed by atoms with E-state index in [-0.39, 0.29) is 23.1 Å². The SMILES string of the molecule is CC(=O)O[C@H]1C(=O)[C@@]2(C)C(C(OC(=O)c3ccccc3)[C@]34OC(=O)OC3[C@H](OC(=O)[C@](C)(O)[C@H](NC(=O)OC(C)(C)C)C(F)(F)F)C(C)=C1C4(C)C)[C@]1(OC(C)=O)COC1C[C@@H]2O. The number of Topliss-reactive ketones (excluding diaryl/α,β-unsaturated/α-hetero) is 1. The van der Waals surface area contributed by atoms with Crippen molar-refractivity contribution in [3.05, 3.63) is 47.0 Å². The topological polar surface area (TPSA) is 246 Å². The minimum atomic E-state index is -5.54. The summed E-state index contributed by atoms with van der Waals surface area (Å²) in [5.41, 5.74) is -14.4. The molecule has 3 N–H and O–H groups in total. The summed E-state index contributed by atoms with van der Waals surface area (Å²) in [6.07, 6.45) is -20.4. The third kappa shape index (κ3) is 7.48. The lowest BCUT2D eigenvalue weighted by atomic mass is 9.44. The first kappa shape index (κ1) is 47.2. The standard InChI is InChI=1S/C42H50F3NO17/c1-18-24-26(57-19(2)47)28(50)38(9)22(49)16-23-40(17-56-23,61-20(3)48)27(38)30(59-31(51)21-14-12-11-13-15-21)41(37(24,7)8)29(60-35(54)63-41)25(18)58-33(52)39(10,55)32(42(43,44)45)46-34(53)62-36(4,5)6/h11-15,22-23,25-27,29-30,32,49,55H,16-17H2,1-10H3,(H,46,53)/t22-,23?,25+,26+,27?,29?,30?,32-,38+,39+,40-,41+/m0/s1. The zero-order chi connectivity index (χ0) is 47.2. The van der Waals surface area contributed by atoms with Crippen LogP contribution in [0.25, 0.3) is 0 Å². The molecule has 4 fully saturated rings.